The number of hydrogen-bond donors (Lipinski definition) is 2. The molecule has 5 heteroatoms. The van der Waals surface area contributed by atoms with Gasteiger partial charge in [0, 0.05) is 11.6 Å². The first kappa shape index (κ1) is 16.3. The Morgan fingerprint density at radius 3 is 2.56 bits per heavy atom. The van der Waals surface area contributed by atoms with Crippen LogP contribution in [-0.2, 0) is 0 Å². The summed E-state index contributed by atoms with van der Waals surface area (Å²) in [7, 11) is 1.71. The van der Waals surface area contributed by atoms with E-state index in [2.05, 4.69) is 33.7 Å². The van der Waals surface area contributed by atoms with E-state index in [-0.39, 0.29) is 6.04 Å². The molecule has 2 fully saturated rings. The zero-order valence-electron chi connectivity index (χ0n) is 15.0. The minimum atomic E-state index is -0.545. The zero-order valence-corrected chi connectivity index (χ0v) is 15.0. The van der Waals surface area contributed by atoms with Gasteiger partial charge in [-0.25, -0.2) is 0 Å². The van der Waals surface area contributed by atoms with Crippen molar-refractivity contribution < 1.29 is 9.84 Å². The summed E-state index contributed by atoms with van der Waals surface area (Å²) in [4.78, 5) is 0. The number of nitrogens with zero attached hydrogens (tertiary/aromatic N) is 2. The fourth-order valence-electron chi connectivity index (χ4n) is 3.71. The second-order valence-corrected chi connectivity index (χ2v) is 7.74. The highest BCUT2D eigenvalue weighted by Crippen LogP contribution is 2.43. The number of anilines is 1. The molecule has 2 aliphatic carbocycles. The number of benzene rings is 1. The Balaban J connectivity index is 1.56. The van der Waals surface area contributed by atoms with Gasteiger partial charge in [-0.15, -0.1) is 10.2 Å². The molecule has 0 saturated heterocycles. The highest BCUT2D eigenvalue weighted by molar-refractivity contribution is 5.71. The van der Waals surface area contributed by atoms with Crippen LogP contribution in [0.3, 0.4) is 0 Å². The third-order valence-electron chi connectivity index (χ3n) is 5.24. The first-order chi connectivity index (χ1) is 11.9. The van der Waals surface area contributed by atoms with Gasteiger partial charge >= 0.3 is 0 Å². The summed E-state index contributed by atoms with van der Waals surface area (Å²) in [6.07, 6.45) is 4.03. The highest BCUT2D eigenvalue weighted by atomic mass is 16.5. The molecule has 4 rings (SSSR count). The smallest absolute Gasteiger partial charge is 0.149 e. The second kappa shape index (κ2) is 5.99. The largest absolute Gasteiger partial charge is 0.496 e. The van der Waals surface area contributed by atoms with Gasteiger partial charge in [0.1, 0.15) is 11.6 Å². The number of aryl methyl sites for hydroxylation is 1. The van der Waals surface area contributed by atoms with Crippen LogP contribution >= 0.6 is 0 Å². The monoisotopic (exact) mass is 339 g/mol. The van der Waals surface area contributed by atoms with Crippen molar-refractivity contribution >= 4 is 5.82 Å². The van der Waals surface area contributed by atoms with Gasteiger partial charge < -0.3 is 15.2 Å². The topological polar surface area (TPSA) is 67.3 Å². The average molecular weight is 339 g/mol. The molecule has 1 aromatic carbocycles. The van der Waals surface area contributed by atoms with Gasteiger partial charge in [0.2, 0.25) is 0 Å². The van der Waals surface area contributed by atoms with E-state index >= 15 is 0 Å². The molecular formula is C20H25N3O2. The van der Waals surface area contributed by atoms with Crippen molar-refractivity contribution in [2.45, 2.75) is 57.1 Å². The molecule has 0 atom stereocenters. The molecule has 1 heterocycles. The Kier molecular flexibility index (Phi) is 3.91. The van der Waals surface area contributed by atoms with Crippen molar-refractivity contribution in [2.75, 3.05) is 12.4 Å². The van der Waals surface area contributed by atoms with Crippen molar-refractivity contribution in [3.63, 3.8) is 0 Å². The van der Waals surface area contributed by atoms with E-state index in [4.69, 9.17) is 4.74 Å². The molecule has 2 N–H and O–H groups in total. The van der Waals surface area contributed by atoms with Gasteiger partial charge in [-0.2, -0.15) is 0 Å². The summed E-state index contributed by atoms with van der Waals surface area (Å²) < 4.78 is 5.61. The average Bonchev–Trinajstić information content (AvgIpc) is 3.38. The van der Waals surface area contributed by atoms with Crippen LogP contribution in [0.25, 0.3) is 11.3 Å². The molecule has 0 amide bonds. The molecule has 1 aromatic heterocycles. The number of ether oxygens (including phenoxy) is 1. The van der Waals surface area contributed by atoms with E-state index < -0.39 is 5.60 Å². The number of aliphatic hydroxyl groups is 1. The van der Waals surface area contributed by atoms with Crippen molar-refractivity contribution in [3.8, 4) is 17.0 Å². The van der Waals surface area contributed by atoms with Crippen LogP contribution in [0.4, 0.5) is 5.82 Å². The number of rotatable bonds is 5. The van der Waals surface area contributed by atoms with E-state index in [9.17, 15) is 5.11 Å². The lowest BCUT2D eigenvalue weighted by Crippen LogP contribution is -2.48. The van der Waals surface area contributed by atoms with Crippen LogP contribution in [0.1, 0.15) is 49.7 Å². The van der Waals surface area contributed by atoms with Crippen LogP contribution in [-0.4, -0.2) is 34.1 Å². The number of nitrogens with one attached hydrogen (secondary N) is 1. The Hall–Kier alpha value is -2.14. The van der Waals surface area contributed by atoms with E-state index in [1.165, 1.54) is 18.4 Å². The first-order valence-electron chi connectivity index (χ1n) is 8.97. The van der Waals surface area contributed by atoms with Gasteiger partial charge in [-0.3, -0.25) is 0 Å². The summed E-state index contributed by atoms with van der Waals surface area (Å²) in [5, 5.41) is 22.0. The van der Waals surface area contributed by atoms with Crippen molar-refractivity contribution in [2.24, 2.45) is 0 Å². The fraction of sp³-hybridized carbons (Fsp3) is 0.500. The predicted octanol–water partition coefficient (Wildman–Crippen LogP) is 3.66. The molecule has 132 valence electrons. The van der Waals surface area contributed by atoms with E-state index in [1.807, 2.05) is 19.9 Å². The Bertz CT molecular complexity index is 792. The van der Waals surface area contributed by atoms with Crippen LogP contribution in [0.2, 0.25) is 0 Å². The summed E-state index contributed by atoms with van der Waals surface area (Å²) in [6.45, 7) is 3.91. The second-order valence-electron chi connectivity index (χ2n) is 7.74. The molecule has 2 aromatic rings. The van der Waals surface area contributed by atoms with E-state index in [1.54, 1.807) is 7.11 Å². The van der Waals surface area contributed by atoms with E-state index in [0.717, 1.165) is 41.2 Å². The number of methoxy groups -OCH3 is 1. The van der Waals surface area contributed by atoms with Gasteiger partial charge in [-0.05, 0) is 74.8 Å². The molecule has 0 aliphatic heterocycles. The van der Waals surface area contributed by atoms with Crippen molar-refractivity contribution in [1.29, 1.82) is 0 Å². The normalized spacial score (nSPS) is 25.4. The fourth-order valence-corrected chi connectivity index (χ4v) is 3.71. The molecule has 0 bridgehead atoms. The summed E-state index contributed by atoms with van der Waals surface area (Å²) >= 11 is 0. The summed E-state index contributed by atoms with van der Waals surface area (Å²) in [6, 6.07) is 8.70. The molecule has 25 heavy (non-hydrogen) atoms. The van der Waals surface area contributed by atoms with Crippen LogP contribution in [0, 0.1) is 6.92 Å². The number of aromatic nitrogens is 2. The van der Waals surface area contributed by atoms with Gasteiger partial charge in [0.05, 0.1) is 18.4 Å². The lowest BCUT2D eigenvalue weighted by Gasteiger charge is -2.41. The minimum absolute atomic E-state index is 0.266. The zero-order chi connectivity index (χ0) is 17.6. The van der Waals surface area contributed by atoms with Crippen LogP contribution in [0.15, 0.2) is 24.3 Å². The molecule has 0 spiro atoms. The first-order valence-corrected chi connectivity index (χ1v) is 8.97. The van der Waals surface area contributed by atoms with Crippen LogP contribution < -0.4 is 10.1 Å². The maximum absolute atomic E-state index is 9.84. The molecule has 5 nitrogen and oxygen atoms in total. The predicted molar refractivity (Wildman–Crippen MR) is 98.0 cm³/mol. The molecule has 2 saturated carbocycles. The third kappa shape index (κ3) is 3.33. The highest BCUT2D eigenvalue weighted by Gasteiger charge is 2.38. The lowest BCUT2D eigenvalue weighted by atomic mass is 9.77. The van der Waals surface area contributed by atoms with Gasteiger partial charge in [0.25, 0.3) is 0 Å². The Morgan fingerprint density at radius 2 is 1.96 bits per heavy atom. The Morgan fingerprint density at radius 1 is 1.20 bits per heavy atom. The maximum Gasteiger partial charge on any atom is 0.149 e. The molecule has 2 aliphatic rings. The standard InChI is InChI=1S/C20H25N3O2/c1-12-8-18(21-15-10-20(2,24)11-15)22-23-19(12)16-7-6-14(13-4-5-13)9-17(16)25-3/h6-9,13,15,24H,4-5,10-11H2,1-3H3,(H,21,22). The molecule has 0 unspecified atom stereocenters. The molecule has 0 radical (unpaired) electrons. The maximum atomic E-state index is 9.84. The lowest BCUT2D eigenvalue weighted by molar-refractivity contribution is -0.0235. The quantitative estimate of drug-likeness (QED) is 0.870. The van der Waals surface area contributed by atoms with Crippen LogP contribution in [0.5, 0.6) is 5.75 Å². The summed E-state index contributed by atoms with van der Waals surface area (Å²) in [5.74, 6) is 2.31. The van der Waals surface area contributed by atoms with Crippen molar-refractivity contribution in [1.82, 2.24) is 10.2 Å². The Labute approximate surface area is 148 Å². The van der Waals surface area contributed by atoms with E-state index in [0.29, 0.717) is 5.92 Å². The summed E-state index contributed by atoms with van der Waals surface area (Å²) in [5.41, 5.74) is 3.69. The minimum Gasteiger partial charge on any atom is -0.496 e. The molecular weight excluding hydrogens is 314 g/mol. The number of hydrogen-bond acceptors (Lipinski definition) is 5. The van der Waals surface area contributed by atoms with Gasteiger partial charge in [-0.1, -0.05) is 6.07 Å². The van der Waals surface area contributed by atoms with Gasteiger partial charge in [0.15, 0.2) is 0 Å². The van der Waals surface area contributed by atoms with Crippen molar-refractivity contribution in [3.05, 3.63) is 35.4 Å². The third-order valence-corrected chi connectivity index (χ3v) is 5.24. The SMILES string of the molecule is COc1cc(C2CC2)ccc1-c1nnc(NC2CC(C)(O)C2)cc1C.